The van der Waals surface area contributed by atoms with E-state index in [0.717, 1.165) is 16.0 Å². The van der Waals surface area contributed by atoms with Crippen LogP contribution in [0, 0.1) is 0 Å². The van der Waals surface area contributed by atoms with Crippen LogP contribution in [0.3, 0.4) is 0 Å². The minimum Gasteiger partial charge on any atom is -0.322 e. The molecule has 3 heterocycles. The monoisotopic (exact) mass is 430 g/mol. The summed E-state index contributed by atoms with van der Waals surface area (Å²) in [5.74, 6) is 0.363. The second-order valence-corrected chi connectivity index (χ2v) is 7.48. The lowest BCUT2D eigenvalue weighted by Crippen LogP contribution is -2.12. The predicted octanol–water partition coefficient (Wildman–Crippen LogP) is 4.60. The maximum Gasteiger partial charge on any atom is 0.257 e. The zero-order valence-electron chi connectivity index (χ0n) is 14.2. The highest BCUT2D eigenvalue weighted by Crippen LogP contribution is 2.27. The van der Waals surface area contributed by atoms with Crippen molar-refractivity contribution < 1.29 is 4.79 Å². The highest BCUT2D eigenvalue weighted by molar-refractivity contribution is 7.98. The molecule has 0 radical (unpaired) electrons. The number of pyridine rings is 1. The third-order valence-corrected chi connectivity index (χ3v) is 5.59. The van der Waals surface area contributed by atoms with Gasteiger partial charge in [0.1, 0.15) is 16.5 Å². The van der Waals surface area contributed by atoms with E-state index in [4.69, 9.17) is 23.2 Å². The van der Waals surface area contributed by atoms with Crippen molar-refractivity contribution in [3.8, 4) is 0 Å². The van der Waals surface area contributed by atoms with Gasteiger partial charge in [0, 0.05) is 17.6 Å². The van der Waals surface area contributed by atoms with Crippen LogP contribution in [-0.2, 0) is 5.75 Å². The molecular weight excluding hydrogens is 419 g/mol. The number of aromatic amines is 1. The number of carbonyl (C=O) groups is 1. The van der Waals surface area contributed by atoms with Crippen LogP contribution < -0.4 is 5.32 Å². The number of carbonyl (C=O) groups excluding carboxylic acids is 1. The molecule has 0 unspecified atom stereocenters. The van der Waals surface area contributed by atoms with Crippen molar-refractivity contribution in [2.75, 3.05) is 5.32 Å². The first-order chi connectivity index (χ1) is 13.6. The van der Waals surface area contributed by atoms with Gasteiger partial charge in [0.15, 0.2) is 5.65 Å². The number of H-pyrrole nitrogens is 1. The Morgan fingerprint density at radius 2 is 2.04 bits per heavy atom. The average molecular weight is 431 g/mol. The normalized spacial score (nSPS) is 10.9. The van der Waals surface area contributed by atoms with Crippen molar-refractivity contribution in [2.24, 2.45) is 0 Å². The topological polar surface area (TPSA) is 96.5 Å². The van der Waals surface area contributed by atoms with Gasteiger partial charge in [0.2, 0.25) is 0 Å². The van der Waals surface area contributed by atoms with Gasteiger partial charge in [-0.25, -0.2) is 15.0 Å². The standard InChI is InChI=1S/C18H12Cl2N6OS/c19-14-5-11(6-21-15(14)20)17(27)25-12-3-1-2-10(4-12)8-28-18-13-7-24-26-16(13)22-9-23-18/h1-7,9H,8H2,(H,25,27)(H,22,23,24,26). The molecule has 4 rings (SSSR count). The highest BCUT2D eigenvalue weighted by atomic mass is 35.5. The zero-order valence-corrected chi connectivity index (χ0v) is 16.5. The van der Waals surface area contributed by atoms with Crippen LogP contribution in [-0.4, -0.2) is 31.1 Å². The summed E-state index contributed by atoms with van der Waals surface area (Å²) >= 11 is 13.3. The first-order valence-corrected chi connectivity index (χ1v) is 9.82. The Bertz CT molecular complexity index is 1170. The van der Waals surface area contributed by atoms with Crippen molar-refractivity contribution in [3.63, 3.8) is 0 Å². The van der Waals surface area contributed by atoms with E-state index >= 15 is 0 Å². The molecule has 1 amide bonds. The number of nitrogens with zero attached hydrogens (tertiary/aromatic N) is 4. The number of rotatable bonds is 5. The van der Waals surface area contributed by atoms with Gasteiger partial charge in [-0.1, -0.05) is 35.3 Å². The molecule has 3 aromatic heterocycles. The van der Waals surface area contributed by atoms with Crippen LogP contribution in [0.25, 0.3) is 11.0 Å². The van der Waals surface area contributed by atoms with E-state index in [-0.39, 0.29) is 16.1 Å². The molecule has 0 atom stereocenters. The molecule has 0 saturated heterocycles. The molecule has 10 heteroatoms. The van der Waals surface area contributed by atoms with Crippen LogP contribution in [0.2, 0.25) is 10.2 Å². The second-order valence-electron chi connectivity index (χ2n) is 5.75. The maximum absolute atomic E-state index is 12.4. The van der Waals surface area contributed by atoms with Gasteiger partial charge in [-0.05, 0) is 23.8 Å². The summed E-state index contributed by atoms with van der Waals surface area (Å²) in [6.45, 7) is 0. The average Bonchev–Trinajstić information content (AvgIpc) is 3.18. The SMILES string of the molecule is O=C(Nc1cccc(CSc2ncnc3[nH]ncc23)c1)c1cnc(Cl)c(Cl)c1. The van der Waals surface area contributed by atoms with E-state index in [9.17, 15) is 4.79 Å². The summed E-state index contributed by atoms with van der Waals surface area (Å²) in [6.07, 6.45) is 4.60. The molecule has 0 fully saturated rings. The number of aromatic nitrogens is 5. The number of thioether (sulfide) groups is 1. The molecule has 4 aromatic rings. The summed E-state index contributed by atoms with van der Waals surface area (Å²) in [7, 11) is 0. The number of fused-ring (bicyclic) bond motifs is 1. The molecule has 0 aliphatic carbocycles. The second kappa shape index (κ2) is 8.14. The van der Waals surface area contributed by atoms with Crippen LogP contribution in [0.4, 0.5) is 5.69 Å². The first-order valence-electron chi connectivity index (χ1n) is 8.08. The Balaban J connectivity index is 1.46. The number of anilines is 1. The molecule has 0 aliphatic heterocycles. The number of benzene rings is 1. The van der Waals surface area contributed by atoms with E-state index in [1.54, 1.807) is 18.0 Å². The third kappa shape index (κ3) is 4.09. The van der Waals surface area contributed by atoms with E-state index in [1.807, 2.05) is 24.3 Å². The molecule has 0 spiro atoms. The fourth-order valence-electron chi connectivity index (χ4n) is 2.50. The summed E-state index contributed by atoms with van der Waals surface area (Å²) in [5, 5.41) is 11.8. The van der Waals surface area contributed by atoms with E-state index in [0.29, 0.717) is 22.7 Å². The van der Waals surface area contributed by atoms with Crippen molar-refractivity contribution >= 4 is 57.6 Å². The van der Waals surface area contributed by atoms with E-state index < -0.39 is 0 Å². The summed E-state index contributed by atoms with van der Waals surface area (Å²) in [5.41, 5.74) is 2.74. The molecule has 140 valence electrons. The smallest absolute Gasteiger partial charge is 0.257 e. The van der Waals surface area contributed by atoms with Gasteiger partial charge in [-0.3, -0.25) is 9.89 Å². The van der Waals surface area contributed by atoms with Gasteiger partial charge in [0.05, 0.1) is 22.2 Å². The lowest BCUT2D eigenvalue weighted by molar-refractivity contribution is 0.102. The number of amides is 1. The lowest BCUT2D eigenvalue weighted by Gasteiger charge is -2.08. The van der Waals surface area contributed by atoms with Crippen molar-refractivity contribution in [1.29, 1.82) is 0 Å². The van der Waals surface area contributed by atoms with Crippen LogP contribution in [0.1, 0.15) is 15.9 Å². The van der Waals surface area contributed by atoms with Gasteiger partial charge in [-0.2, -0.15) is 5.10 Å². The molecular formula is C18H12Cl2N6OS. The zero-order chi connectivity index (χ0) is 19.5. The van der Waals surface area contributed by atoms with Crippen molar-refractivity contribution in [2.45, 2.75) is 10.8 Å². The van der Waals surface area contributed by atoms with Crippen LogP contribution in [0.5, 0.6) is 0 Å². The number of halogens is 2. The maximum atomic E-state index is 12.4. The quantitative estimate of drug-likeness (QED) is 0.272. The van der Waals surface area contributed by atoms with Gasteiger partial charge in [-0.15, -0.1) is 11.8 Å². The van der Waals surface area contributed by atoms with E-state index in [1.165, 1.54) is 18.6 Å². The third-order valence-electron chi connectivity index (χ3n) is 3.83. The lowest BCUT2D eigenvalue weighted by atomic mass is 10.2. The Morgan fingerprint density at radius 1 is 1.14 bits per heavy atom. The van der Waals surface area contributed by atoms with Crippen molar-refractivity contribution in [3.05, 3.63) is 70.4 Å². The highest BCUT2D eigenvalue weighted by Gasteiger charge is 2.11. The Hall–Kier alpha value is -2.68. The van der Waals surface area contributed by atoms with Crippen molar-refractivity contribution in [1.82, 2.24) is 25.1 Å². The summed E-state index contributed by atoms with van der Waals surface area (Å²) in [6, 6.07) is 9.07. The molecule has 0 aliphatic rings. The summed E-state index contributed by atoms with van der Waals surface area (Å²) in [4.78, 5) is 24.7. The largest absolute Gasteiger partial charge is 0.322 e. The summed E-state index contributed by atoms with van der Waals surface area (Å²) < 4.78 is 0. The number of hydrogen-bond donors (Lipinski definition) is 2. The van der Waals surface area contributed by atoms with Crippen LogP contribution in [0.15, 0.2) is 54.1 Å². The van der Waals surface area contributed by atoms with E-state index in [2.05, 4.69) is 30.5 Å². The Kier molecular flexibility index (Phi) is 5.43. The number of nitrogens with one attached hydrogen (secondary N) is 2. The minimum absolute atomic E-state index is 0.161. The Morgan fingerprint density at radius 3 is 2.89 bits per heavy atom. The van der Waals surface area contributed by atoms with Gasteiger partial charge >= 0.3 is 0 Å². The fraction of sp³-hybridized carbons (Fsp3) is 0.0556. The minimum atomic E-state index is -0.313. The molecule has 2 N–H and O–H groups in total. The fourth-order valence-corrected chi connectivity index (χ4v) is 3.68. The number of hydrogen-bond acceptors (Lipinski definition) is 6. The molecule has 7 nitrogen and oxygen atoms in total. The van der Waals surface area contributed by atoms with Gasteiger partial charge < -0.3 is 5.32 Å². The first kappa shape index (κ1) is 18.7. The molecule has 1 aromatic carbocycles. The van der Waals surface area contributed by atoms with Crippen LogP contribution >= 0.6 is 35.0 Å². The molecule has 28 heavy (non-hydrogen) atoms. The van der Waals surface area contributed by atoms with Gasteiger partial charge in [0.25, 0.3) is 5.91 Å². The predicted molar refractivity (Wildman–Crippen MR) is 110 cm³/mol. The molecule has 0 bridgehead atoms. The molecule has 0 saturated carbocycles. The Labute approximate surface area is 173 Å².